The molecule has 2 amide bonds. The highest BCUT2D eigenvalue weighted by atomic mass is 16.6. The van der Waals surface area contributed by atoms with Gasteiger partial charge >= 0.3 is 6.03 Å². The lowest BCUT2D eigenvalue weighted by Crippen LogP contribution is -2.32. The highest BCUT2D eigenvalue weighted by Crippen LogP contribution is 2.35. The summed E-state index contributed by atoms with van der Waals surface area (Å²) in [6, 6.07) is 17.6. The molecule has 0 aromatic heterocycles. The molecule has 0 saturated carbocycles. The van der Waals surface area contributed by atoms with Crippen LogP contribution >= 0.6 is 0 Å². The molecule has 164 valence electrons. The SMILES string of the molecule is Cc1ccc(NC(=O)Nc2cccc3c2CCN(c2cc(CO)ccc2[N+](=O)[O-])C3)cc1. The van der Waals surface area contributed by atoms with Gasteiger partial charge < -0.3 is 20.6 Å². The molecule has 3 aromatic rings. The van der Waals surface area contributed by atoms with E-state index in [-0.39, 0.29) is 18.3 Å². The fourth-order valence-corrected chi connectivity index (χ4v) is 3.93. The highest BCUT2D eigenvalue weighted by molar-refractivity contribution is 6.00. The van der Waals surface area contributed by atoms with Crippen molar-refractivity contribution in [1.29, 1.82) is 0 Å². The van der Waals surface area contributed by atoms with E-state index in [1.807, 2.05) is 54.3 Å². The second kappa shape index (κ2) is 9.07. The van der Waals surface area contributed by atoms with Crippen LogP contribution in [-0.4, -0.2) is 22.6 Å². The Kier molecular flexibility index (Phi) is 6.04. The van der Waals surface area contributed by atoms with Crippen molar-refractivity contribution in [3.63, 3.8) is 0 Å². The first-order valence-electron chi connectivity index (χ1n) is 10.3. The van der Waals surface area contributed by atoms with E-state index < -0.39 is 4.92 Å². The molecule has 0 aliphatic carbocycles. The first-order valence-corrected chi connectivity index (χ1v) is 10.3. The number of aryl methyl sites for hydroxylation is 1. The van der Waals surface area contributed by atoms with Gasteiger partial charge in [-0.25, -0.2) is 4.79 Å². The fourth-order valence-electron chi connectivity index (χ4n) is 3.93. The third-order valence-corrected chi connectivity index (χ3v) is 5.58. The van der Waals surface area contributed by atoms with E-state index in [1.54, 1.807) is 12.1 Å². The molecule has 8 nitrogen and oxygen atoms in total. The van der Waals surface area contributed by atoms with Crippen molar-refractivity contribution < 1.29 is 14.8 Å². The number of aliphatic hydroxyl groups is 1. The molecular formula is C24H24N4O4. The number of hydrogen-bond acceptors (Lipinski definition) is 5. The number of benzene rings is 3. The normalized spacial score (nSPS) is 12.8. The van der Waals surface area contributed by atoms with E-state index in [9.17, 15) is 20.0 Å². The summed E-state index contributed by atoms with van der Waals surface area (Å²) in [5, 5.41) is 26.7. The predicted molar refractivity (Wildman–Crippen MR) is 124 cm³/mol. The summed E-state index contributed by atoms with van der Waals surface area (Å²) in [7, 11) is 0. The lowest BCUT2D eigenvalue weighted by molar-refractivity contribution is -0.384. The number of nitro benzene ring substituents is 1. The molecule has 0 radical (unpaired) electrons. The molecule has 1 aliphatic rings. The van der Waals surface area contributed by atoms with E-state index in [1.165, 1.54) is 6.07 Å². The quantitative estimate of drug-likeness (QED) is 0.403. The second-order valence-corrected chi connectivity index (χ2v) is 7.80. The maximum atomic E-state index is 12.5. The van der Waals surface area contributed by atoms with Crippen LogP contribution in [0, 0.1) is 17.0 Å². The Hall–Kier alpha value is -3.91. The van der Waals surface area contributed by atoms with Crippen LogP contribution in [0.25, 0.3) is 0 Å². The van der Waals surface area contributed by atoms with Gasteiger partial charge in [-0.2, -0.15) is 0 Å². The first kappa shape index (κ1) is 21.3. The summed E-state index contributed by atoms with van der Waals surface area (Å²) in [4.78, 5) is 25.5. The number of carbonyl (C=O) groups excluding carboxylic acids is 1. The Morgan fingerprint density at radius 3 is 2.62 bits per heavy atom. The van der Waals surface area contributed by atoms with Gasteiger partial charge in [-0.15, -0.1) is 0 Å². The van der Waals surface area contributed by atoms with Gasteiger partial charge in [0.25, 0.3) is 5.69 Å². The minimum Gasteiger partial charge on any atom is -0.392 e. The lowest BCUT2D eigenvalue weighted by Gasteiger charge is -2.31. The van der Waals surface area contributed by atoms with Crippen molar-refractivity contribution in [2.75, 3.05) is 22.1 Å². The van der Waals surface area contributed by atoms with E-state index in [4.69, 9.17) is 0 Å². The van der Waals surface area contributed by atoms with Gasteiger partial charge in [0.05, 0.1) is 11.5 Å². The van der Waals surface area contributed by atoms with Crippen LogP contribution < -0.4 is 15.5 Å². The topological polar surface area (TPSA) is 108 Å². The molecule has 0 unspecified atom stereocenters. The molecule has 0 fully saturated rings. The Bertz CT molecular complexity index is 1160. The predicted octanol–water partition coefficient (Wildman–Crippen LogP) is 4.60. The van der Waals surface area contributed by atoms with Gasteiger partial charge in [-0.1, -0.05) is 29.8 Å². The lowest BCUT2D eigenvalue weighted by atomic mass is 9.97. The Labute approximate surface area is 185 Å². The molecule has 0 saturated heterocycles. The van der Waals surface area contributed by atoms with Gasteiger partial charge in [-0.05, 0) is 60.4 Å². The summed E-state index contributed by atoms with van der Waals surface area (Å²) in [5.41, 5.74) is 5.68. The Morgan fingerprint density at radius 2 is 1.91 bits per heavy atom. The van der Waals surface area contributed by atoms with Gasteiger partial charge in [-0.3, -0.25) is 10.1 Å². The van der Waals surface area contributed by atoms with Crippen LogP contribution in [0.15, 0.2) is 60.7 Å². The molecule has 1 heterocycles. The number of amides is 2. The number of nitrogens with one attached hydrogen (secondary N) is 2. The third kappa shape index (κ3) is 4.55. The number of nitro groups is 1. The zero-order valence-electron chi connectivity index (χ0n) is 17.7. The monoisotopic (exact) mass is 432 g/mol. The number of rotatable bonds is 5. The Balaban J connectivity index is 1.53. The van der Waals surface area contributed by atoms with E-state index in [2.05, 4.69) is 10.6 Å². The van der Waals surface area contributed by atoms with E-state index >= 15 is 0 Å². The van der Waals surface area contributed by atoms with Gasteiger partial charge in [0.15, 0.2) is 0 Å². The summed E-state index contributed by atoms with van der Waals surface area (Å²) in [5.74, 6) is 0. The van der Waals surface area contributed by atoms with Crippen molar-refractivity contribution in [1.82, 2.24) is 0 Å². The smallest absolute Gasteiger partial charge is 0.323 e. The Morgan fingerprint density at radius 1 is 1.12 bits per heavy atom. The third-order valence-electron chi connectivity index (χ3n) is 5.58. The summed E-state index contributed by atoms with van der Waals surface area (Å²) < 4.78 is 0. The number of fused-ring (bicyclic) bond motifs is 1. The molecule has 0 atom stereocenters. The number of aliphatic hydroxyl groups excluding tert-OH is 1. The molecule has 32 heavy (non-hydrogen) atoms. The van der Waals surface area contributed by atoms with Gasteiger partial charge in [0.1, 0.15) is 5.69 Å². The van der Waals surface area contributed by atoms with Crippen molar-refractivity contribution in [3.8, 4) is 0 Å². The number of anilines is 3. The first-order chi connectivity index (χ1) is 15.4. The summed E-state index contributed by atoms with van der Waals surface area (Å²) >= 11 is 0. The zero-order valence-corrected chi connectivity index (χ0v) is 17.7. The standard InChI is InChI=1S/C24H24N4O4/c1-16-5-8-19(9-6-16)25-24(30)26-21-4-2-3-18-14-27(12-11-20(18)21)23-13-17(15-29)7-10-22(23)28(31)32/h2-10,13,29H,11-12,14-15H2,1H3,(H2,25,26,30). The number of urea groups is 1. The maximum absolute atomic E-state index is 12.5. The van der Waals surface area contributed by atoms with Crippen LogP contribution in [0.4, 0.5) is 27.5 Å². The fraction of sp³-hybridized carbons (Fsp3) is 0.208. The van der Waals surface area contributed by atoms with Crippen LogP contribution in [0.1, 0.15) is 22.3 Å². The summed E-state index contributed by atoms with van der Waals surface area (Å²) in [6.07, 6.45) is 0.622. The summed E-state index contributed by atoms with van der Waals surface area (Å²) in [6.45, 7) is 2.83. The number of hydrogen-bond donors (Lipinski definition) is 3. The molecule has 1 aliphatic heterocycles. The molecule has 3 aromatic carbocycles. The highest BCUT2D eigenvalue weighted by Gasteiger charge is 2.25. The van der Waals surface area contributed by atoms with Crippen molar-refractivity contribution in [2.24, 2.45) is 0 Å². The van der Waals surface area contributed by atoms with Crippen LogP contribution in [-0.2, 0) is 19.6 Å². The maximum Gasteiger partial charge on any atom is 0.323 e. The van der Waals surface area contributed by atoms with Gasteiger partial charge in [0, 0.05) is 30.5 Å². The van der Waals surface area contributed by atoms with Crippen LogP contribution in [0.2, 0.25) is 0 Å². The minimum absolute atomic E-state index is 0.0115. The number of carbonyl (C=O) groups is 1. The molecule has 3 N–H and O–H groups in total. The number of nitrogens with zero attached hydrogens (tertiary/aromatic N) is 2. The van der Waals surface area contributed by atoms with Gasteiger partial charge in [0.2, 0.25) is 0 Å². The zero-order chi connectivity index (χ0) is 22.7. The molecule has 0 bridgehead atoms. The molecular weight excluding hydrogens is 408 g/mol. The van der Waals surface area contributed by atoms with E-state index in [0.717, 1.165) is 22.4 Å². The molecule has 4 rings (SSSR count). The largest absolute Gasteiger partial charge is 0.392 e. The van der Waals surface area contributed by atoms with Crippen molar-refractivity contribution in [2.45, 2.75) is 26.5 Å². The minimum atomic E-state index is -0.403. The average Bonchev–Trinajstić information content (AvgIpc) is 2.80. The van der Waals surface area contributed by atoms with Crippen molar-refractivity contribution >= 4 is 28.8 Å². The average molecular weight is 432 g/mol. The second-order valence-electron chi connectivity index (χ2n) is 7.80. The molecule has 0 spiro atoms. The van der Waals surface area contributed by atoms with Crippen LogP contribution in [0.3, 0.4) is 0 Å². The van der Waals surface area contributed by atoms with E-state index in [0.29, 0.717) is 36.4 Å². The van der Waals surface area contributed by atoms with Crippen molar-refractivity contribution in [3.05, 3.63) is 93.0 Å². The molecule has 8 heteroatoms. The van der Waals surface area contributed by atoms with Crippen LogP contribution in [0.5, 0.6) is 0 Å².